The molecule has 0 spiro atoms. The third-order valence-electron chi connectivity index (χ3n) is 4.48. The van der Waals surface area contributed by atoms with Gasteiger partial charge in [0, 0.05) is 13.6 Å². The lowest BCUT2D eigenvalue weighted by Crippen LogP contribution is -2.51. The molecule has 0 aromatic heterocycles. The first-order valence-electron chi connectivity index (χ1n) is 6.83. The van der Waals surface area contributed by atoms with Crippen LogP contribution in [0.25, 0.3) is 0 Å². The van der Waals surface area contributed by atoms with E-state index in [9.17, 15) is 13.6 Å². The summed E-state index contributed by atoms with van der Waals surface area (Å²) >= 11 is 0. The van der Waals surface area contributed by atoms with Gasteiger partial charge in [0.1, 0.15) is 0 Å². The Kier molecular flexibility index (Phi) is 4.09. The van der Waals surface area contributed by atoms with Crippen molar-refractivity contribution in [2.75, 3.05) is 13.6 Å². The maximum absolute atomic E-state index is 13.3. The minimum Gasteiger partial charge on any atom is -0.338 e. The molecular weight excluding hydrogens is 262 g/mol. The van der Waals surface area contributed by atoms with Crippen LogP contribution in [0.4, 0.5) is 8.78 Å². The van der Waals surface area contributed by atoms with Crippen molar-refractivity contribution >= 4 is 5.91 Å². The number of halogens is 2. The maximum atomic E-state index is 13.3. The van der Waals surface area contributed by atoms with E-state index >= 15 is 0 Å². The van der Waals surface area contributed by atoms with Crippen LogP contribution in [0.2, 0.25) is 0 Å². The zero-order chi connectivity index (χ0) is 14.9. The number of carbonyl (C=O) groups is 1. The van der Waals surface area contributed by atoms with E-state index in [1.54, 1.807) is 18.9 Å². The van der Waals surface area contributed by atoms with E-state index in [1.165, 1.54) is 6.07 Å². The summed E-state index contributed by atoms with van der Waals surface area (Å²) in [6, 6.07) is 3.41. The van der Waals surface area contributed by atoms with Crippen molar-refractivity contribution in [3.05, 3.63) is 35.4 Å². The molecule has 5 heteroatoms. The zero-order valence-corrected chi connectivity index (χ0v) is 11.8. The Balaban J connectivity index is 2.17. The predicted octanol–water partition coefficient (Wildman–Crippen LogP) is 2.61. The molecule has 2 rings (SSSR count). The fourth-order valence-electron chi connectivity index (χ4n) is 2.65. The molecule has 0 aliphatic heterocycles. The molecule has 1 saturated carbocycles. The molecule has 1 aliphatic rings. The summed E-state index contributed by atoms with van der Waals surface area (Å²) < 4.78 is 26.2. The van der Waals surface area contributed by atoms with Crippen LogP contribution in [0.15, 0.2) is 18.2 Å². The number of hydrogen-bond donors (Lipinski definition) is 1. The topological polar surface area (TPSA) is 46.3 Å². The minimum atomic E-state index is -0.896. The molecule has 1 amide bonds. The second-order valence-corrected chi connectivity index (χ2v) is 5.60. The Morgan fingerprint density at radius 3 is 2.50 bits per heavy atom. The van der Waals surface area contributed by atoms with Gasteiger partial charge < -0.3 is 10.6 Å². The highest BCUT2D eigenvalue weighted by atomic mass is 19.2. The Labute approximate surface area is 117 Å². The summed E-state index contributed by atoms with van der Waals surface area (Å²) in [5.74, 6) is -1.79. The number of nitrogens with zero attached hydrogens (tertiary/aromatic N) is 1. The van der Waals surface area contributed by atoms with Gasteiger partial charge >= 0.3 is 0 Å². The van der Waals surface area contributed by atoms with Crippen LogP contribution in [0.3, 0.4) is 0 Å². The molecule has 1 unspecified atom stereocenters. The summed E-state index contributed by atoms with van der Waals surface area (Å²) in [7, 11) is 1.68. The molecule has 0 radical (unpaired) electrons. The number of carbonyl (C=O) groups excluding carboxylic acids is 1. The maximum Gasteiger partial charge on any atom is 0.230 e. The zero-order valence-electron chi connectivity index (χ0n) is 11.8. The van der Waals surface area contributed by atoms with Gasteiger partial charge in [0.15, 0.2) is 11.6 Å². The third-order valence-corrected chi connectivity index (χ3v) is 4.48. The Hall–Kier alpha value is -1.49. The molecule has 1 fully saturated rings. The Morgan fingerprint density at radius 1 is 1.40 bits per heavy atom. The normalized spacial score (nSPS) is 18.2. The van der Waals surface area contributed by atoms with Crippen molar-refractivity contribution in [1.29, 1.82) is 0 Å². The van der Waals surface area contributed by atoms with Gasteiger partial charge in [-0.2, -0.15) is 0 Å². The summed E-state index contributed by atoms with van der Waals surface area (Å²) in [6.07, 6.45) is 2.62. The molecule has 1 aliphatic carbocycles. The number of nitrogens with two attached hydrogens (primary N) is 1. The molecule has 0 bridgehead atoms. The van der Waals surface area contributed by atoms with Crippen LogP contribution in [-0.4, -0.2) is 24.4 Å². The van der Waals surface area contributed by atoms with Gasteiger partial charge in [-0.1, -0.05) is 12.5 Å². The second-order valence-electron chi connectivity index (χ2n) is 5.60. The highest BCUT2D eigenvalue weighted by Gasteiger charge is 2.45. The van der Waals surface area contributed by atoms with E-state index < -0.39 is 17.0 Å². The van der Waals surface area contributed by atoms with Crippen molar-refractivity contribution in [2.24, 2.45) is 11.1 Å². The molecule has 1 atom stereocenters. The van der Waals surface area contributed by atoms with Crippen LogP contribution >= 0.6 is 0 Å². The highest BCUT2D eigenvalue weighted by Crippen LogP contribution is 2.42. The molecule has 3 nitrogen and oxygen atoms in total. The molecule has 20 heavy (non-hydrogen) atoms. The van der Waals surface area contributed by atoms with E-state index in [-0.39, 0.29) is 11.9 Å². The summed E-state index contributed by atoms with van der Waals surface area (Å²) in [5, 5.41) is 0. The van der Waals surface area contributed by atoms with E-state index in [0.717, 1.165) is 31.4 Å². The van der Waals surface area contributed by atoms with Crippen molar-refractivity contribution in [2.45, 2.75) is 32.2 Å². The first-order valence-corrected chi connectivity index (χ1v) is 6.83. The quantitative estimate of drug-likeness (QED) is 0.922. The van der Waals surface area contributed by atoms with E-state index in [2.05, 4.69) is 0 Å². The van der Waals surface area contributed by atoms with Crippen molar-refractivity contribution in [1.82, 2.24) is 4.90 Å². The van der Waals surface area contributed by atoms with E-state index in [0.29, 0.717) is 12.1 Å². The van der Waals surface area contributed by atoms with E-state index in [4.69, 9.17) is 5.73 Å². The van der Waals surface area contributed by atoms with Crippen LogP contribution < -0.4 is 5.73 Å². The molecule has 110 valence electrons. The second kappa shape index (κ2) is 5.48. The Morgan fingerprint density at radius 2 is 2.05 bits per heavy atom. The molecule has 0 saturated heterocycles. The van der Waals surface area contributed by atoms with Crippen molar-refractivity contribution in [3.63, 3.8) is 0 Å². The van der Waals surface area contributed by atoms with Crippen LogP contribution in [-0.2, 0) is 4.79 Å². The van der Waals surface area contributed by atoms with Gasteiger partial charge in [0.05, 0.1) is 11.5 Å². The Bertz CT molecular complexity index is 509. The smallest absolute Gasteiger partial charge is 0.230 e. The SMILES string of the molecule is CC(c1ccc(F)c(F)c1)N(C)C(=O)C1(CN)CCC1. The number of benzene rings is 1. The summed E-state index contributed by atoms with van der Waals surface area (Å²) in [5.41, 5.74) is 5.85. The largest absolute Gasteiger partial charge is 0.338 e. The lowest BCUT2D eigenvalue weighted by Gasteiger charge is -2.43. The average molecular weight is 282 g/mol. The van der Waals surface area contributed by atoms with E-state index in [1.807, 2.05) is 0 Å². The fourth-order valence-corrected chi connectivity index (χ4v) is 2.65. The van der Waals surface area contributed by atoms with Gasteiger partial charge in [-0.05, 0) is 37.5 Å². The van der Waals surface area contributed by atoms with Crippen LogP contribution in [0.5, 0.6) is 0 Å². The molecule has 1 aromatic carbocycles. The average Bonchev–Trinajstić information content (AvgIpc) is 2.39. The molecule has 2 N–H and O–H groups in total. The van der Waals surface area contributed by atoms with Crippen molar-refractivity contribution < 1.29 is 13.6 Å². The highest BCUT2D eigenvalue weighted by molar-refractivity contribution is 5.84. The summed E-state index contributed by atoms with van der Waals surface area (Å²) in [4.78, 5) is 14.1. The van der Waals surface area contributed by atoms with Gasteiger partial charge in [-0.15, -0.1) is 0 Å². The molecule has 0 heterocycles. The molecular formula is C15H20F2N2O. The summed E-state index contributed by atoms with van der Waals surface area (Å²) in [6.45, 7) is 2.13. The van der Waals surface area contributed by atoms with Gasteiger partial charge in [0.25, 0.3) is 0 Å². The fraction of sp³-hybridized carbons (Fsp3) is 0.533. The standard InChI is InChI=1S/C15H20F2N2O/c1-10(11-4-5-12(16)13(17)8-11)19(2)14(20)15(9-18)6-3-7-15/h4-5,8,10H,3,6-7,9,18H2,1-2H3. The monoisotopic (exact) mass is 282 g/mol. The number of rotatable bonds is 4. The first-order chi connectivity index (χ1) is 9.41. The van der Waals surface area contributed by atoms with Gasteiger partial charge in [0.2, 0.25) is 5.91 Å². The van der Waals surface area contributed by atoms with Crippen molar-refractivity contribution in [3.8, 4) is 0 Å². The third kappa shape index (κ3) is 2.42. The number of hydrogen-bond acceptors (Lipinski definition) is 2. The first kappa shape index (κ1) is 14.9. The molecule has 1 aromatic rings. The minimum absolute atomic E-state index is 0.0107. The van der Waals surface area contributed by atoms with Gasteiger partial charge in [-0.3, -0.25) is 4.79 Å². The lowest BCUT2D eigenvalue weighted by atomic mass is 9.67. The number of amides is 1. The lowest BCUT2D eigenvalue weighted by molar-refractivity contribution is -0.147. The van der Waals surface area contributed by atoms with Gasteiger partial charge in [-0.25, -0.2) is 8.78 Å². The van der Waals surface area contributed by atoms with Crippen LogP contribution in [0, 0.1) is 17.0 Å². The van der Waals surface area contributed by atoms with Crippen LogP contribution in [0.1, 0.15) is 37.8 Å². The predicted molar refractivity (Wildman–Crippen MR) is 72.9 cm³/mol.